The maximum atomic E-state index is 13.5. The fraction of sp³-hybridized carbons (Fsp3) is 0.417. The number of hydrogen-bond donors (Lipinski definition) is 1. The smallest absolute Gasteiger partial charge is 0.161 e. The lowest BCUT2D eigenvalue weighted by atomic mass is 10.1. The molecule has 0 amide bonds. The third-order valence-electron chi connectivity index (χ3n) is 2.59. The van der Waals surface area contributed by atoms with Gasteiger partial charge in [-0.2, -0.15) is 0 Å². The topological polar surface area (TPSA) is 24.4 Å². The van der Waals surface area contributed by atoms with Crippen molar-refractivity contribution in [2.75, 3.05) is 11.9 Å². The Kier molecular flexibility index (Phi) is 4.09. The van der Waals surface area contributed by atoms with Crippen LogP contribution in [0.2, 0.25) is 0 Å². The van der Waals surface area contributed by atoms with Gasteiger partial charge in [-0.3, -0.25) is 4.99 Å². The minimum atomic E-state index is -0.260. The van der Waals surface area contributed by atoms with Gasteiger partial charge < -0.3 is 5.32 Å². The molecule has 0 aliphatic carbocycles. The Bertz CT molecular complexity index is 448. The zero-order chi connectivity index (χ0) is 12.4. The molecule has 1 aliphatic rings. The Morgan fingerprint density at radius 1 is 1.53 bits per heavy atom. The maximum Gasteiger partial charge on any atom is 0.161 e. The molecule has 5 heteroatoms. The van der Waals surface area contributed by atoms with Gasteiger partial charge in [0.25, 0.3) is 0 Å². The van der Waals surface area contributed by atoms with Crippen LogP contribution >= 0.6 is 27.7 Å². The summed E-state index contributed by atoms with van der Waals surface area (Å²) in [4.78, 5) is 4.39. The summed E-state index contributed by atoms with van der Waals surface area (Å²) in [6, 6.07) is 4.84. The highest BCUT2D eigenvalue weighted by molar-refractivity contribution is 9.10. The number of benzene rings is 1. The predicted octanol–water partition coefficient (Wildman–Crippen LogP) is 4.13. The largest absolute Gasteiger partial charge is 0.333 e. The normalized spacial score (nSPS) is 19.6. The third kappa shape index (κ3) is 3.22. The summed E-state index contributed by atoms with van der Waals surface area (Å²) in [5.74, 6) is 0.319. The minimum absolute atomic E-state index is 0.260. The zero-order valence-corrected chi connectivity index (χ0v) is 12.1. The monoisotopic (exact) mass is 316 g/mol. The number of anilines is 1. The molecule has 0 aromatic heterocycles. The molecule has 1 atom stereocenters. The third-order valence-corrected chi connectivity index (χ3v) is 4.54. The van der Waals surface area contributed by atoms with Crippen molar-refractivity contribution in [2.45, 2.75) is 19.1 Å². The molecule has 1 aromatic rings. The van der Waals surface area contributed by atoms with Crippen LogP contribution < -0.4 is 5.32 Å². The van der Waals surface area contributed by atoms with E-state index in [0.717, 1.165) is 16.2 Å². The Balaban J connectivity index is 2.05. The highest BCUT2D eigenvalue weighted by Gasteiger charge is 2.22. The Hall–Kier alpha value is -0.550. The molecule has 92 valence electrons. The van der Waals surface area contributed by atoms with Gasteiger partial charge in [-0.1, -0.05) is 41.5 Å². The highest BCUT2D eigenvalue weighted by Crippen LogP contribution is 2.29. The van der Waals surface area contributed by atoms with E-state index in [0.29, 0.717) is 16.9 Å². The SMILES string of the molecule is CC(C)C1CN=C(Nc2cc(Br)ccc2F)S1. The number of nitrogens with one attached hydrogen (secondary N) is 1. The van der Waals surface area contributed by atoms with Crippen LogP contribution in [0.5, 0.6) is 0 Å². The van der Waals surface area contributed by atoms with Crippen LogP contribution in [0.25, 0.3) is 0 Å². The second-order valence-electron chi connectivity index (χ2n) is 4.30. The molecule has 0 saturated heterocycles. The summed E-state index contributed by atoms with van der Waals surface area (Å²) in [5, 5.41) is 4.34. The van der Waals surface area contributed by atoms with Gasteiger partial charge in [0.1, 0.15) is 5.82 Å². The van der Waals surface area contributed by atoms with Crippen LogP contribution in [0.4, 0.5) is 10.1 Å². The Labute approximate surface area is 113 Å². The van der Waals surface area contributed by atoms with E-state index in [1.165, 1.54) is 6.07 Å². The molecule has 0 spiro atoms. The summed E-state index contributed by atoms with van der Waals surface area (Å²) in [7, 11) is 0. The number of halogens is 2. The summed E-state index contributed by atoms with van der Waals surface area (Å²) >= 11 is 5.01. The molecule has 0 saturated carbocycles. The first-order valence-corrected chi connectivity index (χ1v) is 7.16. The van der Waals surface area contributed by atoms with E-state index < -0.39 is 0 Å². The number of amidine groups is 1. The van der Waals surface area contributed by atoms with Crippen molar-refractivity contribution in [1.82, 2.24) is 0 Å². The van der Waals surface area contributed by atoms with Gasteiger partial charge in [0.05, 0.1) is 12.2 Å². The van der Waals surface area contributed by atoms with Gasteiger partial charge in [0.15, 0.2) is 5.17 Å². The van der Waals surface area contributed by atoms with E-state index in [1.54, 1.807) is 23.9 Å². The van der Waals surface area contributed by atoms with Crippen LogP contribution in [-0.4, -0.2) is 17.0 Å². The first-order chi connectivity index (χ1) is 8.06. The van der Waals surface area contributed by atoms with Gasteiger partial charge in [0.2, 0.25) is 0 Å². The van der Waals surface area contributed by atoms with Crippen LogP contribution in [0.15, 0.2) is 27.7 Å². The molecule has 1 unspecified atom stereocenters. The fourth-order valence-electron chi connectivity index (χ4n) is 1.52. The minimum Gasteiger partial charge on any atom is -0.333 e. The van der Waals surface area contributed by atoms with Crippen molar-refractivity contribution in [3.8, 4) is 0 Å². The molecular weight excluding hydrogens is 303 g/mol. The van der Waals surface area contributed by atoms with Crippen molar-refractivity contribution in [3.05, 3.63) is 28.5 Å². The second-order valence-corrected chi connectivity index (χ2v) is 6.44. The highest BCUT2D eigenvalue weighted by atomic mass is 79.9. The van der Waals surface area contributed by atoms with E-state index in [2.05, 4.69) is 40.1 Å². The number of nitrogens with zero attached hydrogens (tertiary/aromatic N) is 1. The molecule has 2 nitrogen and oxygen atoms in total. The van der Waals surface area contributed by atoms with Crippen molar-refractivity contribution in [1.29, 1.82) is 0 Å². The van der Waals surface area contributed by atoms with Gasteiger partial charge in [0, 0.05) is 9.72 Å². The zero-order valence-electron chi connectivity index (χ0n) is 9.71. The number of thioether (sulfide) groups is 1. The van der Waals surface area contributed by atoms with E-state index in [1.807, 2.05) is 0 Å². The average Bonchev–Trinajstić information content (AvgIpc) is 2.72. The average molecular weight is 317 g/mol. The van der Waals surface area contributed by atoms with E-state index in [9.17, 15) is 4.39 Å². The van der Waals surface area contributed by atoms with Crippen LogP contribution in [0, 0.1) is 11.7 Å². The lowest BCUT2D eigenvalue weighted by Gasteiger charge is -2.12. The second kappa shape index (κ2) is 5.40. The molecule has 1 N–H and O–H groups in total. The molecule has 1 aliphatic heterocycles. The fourth-order valence-corrected chi connectivity index (χ4v) is 2.90. The van der Waals surface area contributed by atoms with Gasteiger partial charge in [-0.05, 0) is 24.1 Å². The summed E-state index contributed by atoms with van der Waals surface area (Å²) in [6.45, 7) is 5.16. The number of aliphatic imine (C=N–C) groups is 1. The number of rotatable bonds is 2. The summed E-state index contributed by atoms with van der Waals surface area (Å²) in [5.41, 5.74) is 0.468. The van der Waals surface area contributed by atoms with Crippen LogP contribution in [0.1, 0.15) is 13.8 Å². The Morgan fingerprint density at radius 2 is 2.29 bits per heavy atom. The van der Waals surface area contributed by atoms with Crippen molar-refractivity contribution < 1.29 is 4.39 Å². The summed E-state index contributed by atoms with van der Waals surface area (Å²) in [6.07, 6.45) is 0. The van der Waals surface area contributed by atoms with E-state index in [-0.39, 0.29) is 5.82 Å². The van der Waals surface area contributed by atoms with Crippen LogP contribution in [-0.2, 0) is 0 Å². The van der Waals surface area contributed by atoms with Crippen LogP contribution in [0.3, 0.4) is 0 Å². The number of hydrogen-bond acceptors (Lipinski definition) is 3. The van der Waals surface area contributed by atoms with E-state index in [4.69, 9.17) is 0 Å². The molecule has 17 heavy (non-hydrogen) atoms. The van der Waals surface area contributed by atoms with Crippen molar-refractivity contribution in [3.63, 3.8) is 0 Å². The van der Waals surface area contributed by atoms with Gasteiger partial charge in [-0.15, -0.1) is 0 Å². The maximum absolute atomic E-state index is 13.5. The molecular formula is C12H14BrFN2S. The predicted molar refractivity (Wildman–Crippen MR) is 76.2 cm³/mol. The molecule has 0 bridgehead atoms. The Morgan fingerprint density at radius 3 is 2.94 bits per heavy atom. The molecule has 1 aromatic carbocycles. The summed E-state index contributed by atoms with van der Waals surface area (Å²) < 4.78 is 14.4. The molecule has 0 fully saturated rings. The molecule has 0 radical (unpaired) electrons. The lowest BCUT2D eigenvalue weighted by molar-refractivity contribution is 0.621. The van der Waals surface area contributed by atoms with Crippen molar-refractivity contribution in [2.24, 2.45) is 10.9 Å². The van der Waals surface area contributed by atoms with Gasteiger partial charge >= 0.3 is 0 Å². The first kappa shape index (κ1) is 12.9. The lowest BCUT2D eigenvalue weighted by Crippen LogP contribution is -2.13. The first-order valence-electron chi connectivity index (χ1n) is 5.49. The van der Waals surface area contributed by atoms with Gasteiger partial charge in [-0.25, -0.2) is 4.39 Å². The quantitative estimate of drug-likeness (QED) is 0.887. The molecule has 1 heterocycles. The van der Waals surface area contributed by atoms with E-state index >= 15 is 0 Å². The van der Waals surface area contributed by atoms with Crippen molar-refractivity contribution >= 4 is 38.5 Å². The molecule has 2 rings (SSSR count). The standard InChI is InChI=1S/C12H14BrFN2S/c1-7(2)11-6-15-12(17-11)16-10-5-8(13)3-4-9(10)14/h3-5,7,11H,6H2,1-2H3,(H,15,16).